The lowest BCUT2D eigenvalue weighted by molar-refractivity contribution is -0.138. The van der Waals surface area contributed by atoms with Crippen LogP contribution in [0, 0.1) is 11.8 Å². The number of nitrogens with zero attached hydrogens (tertiary/aromatic N) is 1. The number of fused-ring (bicyclic) bond motifs is 1. The molecule has 2 saturated carbocycles. The molecule has 1 heterocycles. The van der Waals surface area contributed by atoms with E-state index in [0.29, 0.717) is 18.9 Å². The van der Waals surface area contributed by atoms with Crippen molar-refractivity contribution in [1.29, 1.82) is 0 Å². The molecule has 1 atom stereocenters. The van der Waals surface area contributed by atoms with Crippen molar-refractivity contribution in [3.63, 3.8) is 0 Å². The van der Waals surface area contributed by atoms with Gasteiger partial charge in [0.05, 0.1) is 0 Å². The Morgan fingerprint density at radius 3 is 2.69 bits per heavy atom. The first-order chi connectivity index (χ1) is 12.6. The summed E-state index contributed by atoms with van der Waals surface area (Å²) in [7, 11) is 0. The van der Waals surface area contributed by atoms with E-state index in [-0.39, 0.29) is 17.7 Å². The van der Waals surface area contributed by atoms with Gasteiger partial charge in [-0.25, -0.2) is 0 Å². The molecule has 2 aliphatic carbocycles. The lowest BCUT2D eigenvalue weighted by Crippen LogP contribution is -2.40. The molecule has 0 aromatic heterocycles. The highest BCUT2D eigenvalue weighted by atomic mass is 16.5. The van der Waals surface area contributed by atoms with E-state index in [2.05, 4.69) is 5.32 Å². The van der Waals surface area contributed by atoms with Gasteiger partial charge in [-0.15, -0.1) is 0 Å². The number of amides is 2. The average Bonchev–Trinajstić information content (AvgIpc) is 3.31. The molecule has 5 nitrogen and oxygen atoms in total. The van der Waals surface area contributed by atoms with E-state index >= 15 is 0 Å². The van der Waals surface area contributed by atoms with Crippen LogP contribution in [-0.4, -0.2) is 29.4 Å². The van der Waals surface area contributed by atoms with Gasteiger partial charge in [-0.05, 0) is 56.2 Å². The summed E-state index contributed by atoms with van der Waals surface area (Å²) in [6, 6.07) is 5.77. The molecule has 2 amide bonds. The van der Waals surface area contributed by atoms with Crippen LogP contribution in [-0.2, 0) is 16.1 Å². The van der Waals surface area contributed by atoms with Gasteiger partial charge in [0, 0.05) is 30.3 Å². The zero-order valence-electron chi connectivity index (χ0n) is 15.5. The van der Waals surface area contributed by atoms with Crippen molar-refractivity contribution in [2.24, 2.45) is 11.8 Å². The minimum absolute atomic E-state index is 0.0899. The molecule has 26 heavy (non-hydrogen) atoms. The third-order valence-electron chi connectivity index (χ3n) is 5.82. The van der Waals surface area contributed by atoms with Crippen molar-refractivity contribution in [3.05, 3.63) is 23.8 Å². The van der Waals surface area contributed by atoms with Gasteiger partial charge in [0.2, 0.25) is 5.91 Å². The van der Waals surface area contributed by atoms with Gasteiger partial charge >= 0.3 is 0 Å². The van der Waals surface area contributed by atoms with Crippen LogP contribution in [0.5, 0.6) is 5.75 Å². The minimum Gasteiger partial charge on any atom is -0.480 e. The van der Waals surface area contributed by atoms with Crippen LogP contribution in [0.3, 0.4) is 0 Å². The van der Waals surface area contributed by atoms with Gasteiger partial charge in [0.1, 0.15) is 5.75 Å². The molecule has 2 fully saturated rings. The zero-order chi connectivity index (χ0) is 18.1. The summed E-state index contributed by atoms with van der Waals surface area (Å²) >= 11 is 0. The highest BCUT2D eigenvalue weighted by molar-refractivity contribution is 5.93. The van der Waals surface area contributed by atoms with E-state index in [4.69, 9.17) is 4.74 Å². The second kappa shape index (κ2) is 7.29. The molecule has 5 heteroatoms. The molecule has 0 bridgehead atoms. The summed E-state index contributed by atoms with van der Waals surface area (Å²) < 4.78 is 6.01. The Balaban J connectivity index is 1.53. The molecule has 1 aliphatic heterocycles. The molecule has 1 unspecified atom stereocenters. The topological polar surface area (TPSA) is 58.6 Å². The molecule has 3 aliphatic rings. The van der Waals surface area contributed by atoms with Crippen molar-refractivity contribution < 1.29 is 14.3 Å². The number of hydrogen-bond acceptors (Lipinski definition) is 3. The molecule has 140 valence electrons. The number of carbonyl (C=O) groups is 2. The Morgan fingerprint density at radius 1 is 1.23 bits per heavy atom. The predicted molar refractivity (Wildman–Crippen MR) is 99.9 cm³/mol. The lowest BCUT2D eigenvalue weighted by atomic mass is 10.1. The van der Waals surface area contributed by atoms with Crippen molar-refractivity contribution in [2.75, 3.05) is 11.9 Å². The second-order valence-electron chi connectivity index (χ2n) is 7.97. The smallest absolute Gasteiger partial charge is 0.263 e. The number of rotatable bonds is 5. The van der Waals surface area contributed by atoms with Crippen molar-refractivity contribution in [2.45, 2.75) is 64.5 Å². The van der Waals surface area contributed by atoms with Crippen LogP contribution in [0.25, 0.3) is 0 Å². The standard InChI is InChI=1S/C21H28N2O3/c1-2-18-21(25)23(12-14-7-8-14)13-16-11-17(9-10-19(16)26-18)22-20(24)15-5-3-4-6-15/h9-11,14-15,18H,2-8,12-13H2,1H3,(H,22,24). The molecule has 1 N–H and O–H groups in total. The maximum Gasteiger partial charge on any atom is 0.263 e. The van der Waals surface area contributed by atoms with E-state index in [0.717, 1.165) is 49.2 Å². The molecule has 4 rings (SSSR count). The Morgan fingerprint density at radius 2 is 2.00 bits per heavy atom. The van der Waals surface area contributed by atoms with E-state index in [1.165, 1.54) is 12.8 Å². The maximum absolute atomic E-state index is 12.8. The monoisotopic (exact) mass is 356 g/mol. The fourth-order valence-electron chi connectivity index (χ4n) is 4.04. The summed E-state index contributed by atoms with van der Waals surface area (Å²) in [5, 5.41) is 3.06. The van der Waals surface area contributed by atoms with Gasteiger partial charge in [-0.2, -0.15) is 0 Å². The third kappa shape index (κ3) is 3.71. The van der Waals surface area contributed by atoms with Crippen LogP contribution < -0.4 is 10.1 Å². The lowest BCUT2D eigenvalue weighted by Gasteiger charge is -2.23. The fourth-order valence-corrected chi connectivity index (χ4v) is 4.04. The quantitative estimate of drug-likeness (QED) is 0.875. The number of carbonyl (C=O) groups excluding carboxylic acids is 2. The summed E-state index contributed by atoms with van der Waals surface area (Å²) in [6.07, 6.45) is 6.95. The van der Waals surface area contributed by atoms with Gasteiger partial charge in [-0.3, -0.25) is 9.59 Å². The highest BCUT2D eigenvalue weighted by Crippen LogP contribution is 2.34. The SMILES string of the molecule is CCC1Oc2ccc(NC(=O)C3CCCC3)cc2CN(CC2CC2)C1=O. The number of hydrogen-bond donors (Lipinski definition) is 1. The number of nitrogens with one attached hydrogen (secondary N) is 1. The second-order valence-corrected chi connectivity index (χ2v) is 7.97. The molecular formula is C21H28N2O3. The molecule has 0 radical (unpaired) electrons. The van der Waals surface area contributed by atoms with Crippen LogP contribution in [0.4, 0.5) is 5.69 Å². The summed E-state index contributed by atoms with van der Waals surface area (Å²) in [5.74, 6) is 1.76. The Hall–Kier alpha value is -2.04. The van der Waals surface area contributed by atoms with Crippen LogP contribution in [0.1, 0.15) is 57.4 Å². The summed E-state index contributed by atoms with van der Waals surface area (Å²) in [5.41, 5.74) is 1.79. The first kappa shape index (κ1) is 17.4. The van der Waals surface area contributed by atoms with Crippen molar-refractivity contribution in [1.82, 2.24) is 4.90 Å². The molecule has 1 aromatic carbocycles. The largest absolute Gasteiger partial charge is 0.480 e. The van der Waals surface area contributed by atoms with Crippen molar-refractivity contribution >= 4 is 17.5 Å². The Kier molecular flexibility index (Phi) is 4.88. The summed E-state index contributed by atoms with van der Waals surface area (Å²) in [4.78, 5) is 27.1. The molecule has 1 aromatic rings. The zero-order valence-corrected chi connectivity index (χ0v) is 15.5. The molecule has 0 spiro atoms. The number of benzene rings is 1. The van der Waals surface area contributed by atoms with Gasteiger partial charge in [0.15, 0.2) is 6.10 Å². The Labute approximate surface area is 155 Å². The number of ether oxygens (including phenoxy) is 1. The maximum atomic E-state index is 12.8. The van der Waals surface area contributed by atoms with Gasteiger partial charge in [-0.1, -0.05) is 19.8 Å². The molecule has 0 saturated heterocycles. The van der Waals surface area contributed by atoms with Crippen molar-refractivity contribution in [3.8, 4) is 5.75 Å². The third-order valence-corrected chi connectivity index (χ3v) is 5.82. The molecular weight excluding hydrogens is 328 g/mol. The van der Waals surface area contributed by atoms with Gasteiger partial charge < -0.3 is 15.0 Å². The van der Waals surface area contributed by atoms with E-state index in [1.807, 2.05) is 30.0 Å². The van der Waals surface area contributed by atoms with E-state index in [9.17, 15) is 9.59 Å². The van der Waals surface area contributed by atoms with Crippen LogP contribution >= 0.6 is 0 Å². The fraction of sp³-hybridized carbons (Fsp3) is 0.619. The Bertz CT molecular complexity index is 692. The van der Waals surface area contributed by atoms with E-state index < -0.39 is 6.10 Å². The number of anilines is 1. The van der Waals surface area contributed by atoms with E-state index in [1.54, 1.807) is 0 Å². The summed E-state index contributed by atoms with van der Waals surface area (Å²) in [6.45, 7) is 3.37. The first-order valence-electron chi connectivity index (χ1n) is 10.0. The highest BCUT2D eigenvalue weighted by Gasteiger charge is 2.34. The normalized spacial score (nSPS) is 23.3. The van der Waals surface area contributed by atoms with Crippen LogP contribution in [0.15, 0.2) is 18.2 Å². The first-order valence-corrected chi connectivity index (χ1v) is 10.0. The van der Waals surface area contributed by atoms with Crippen LogP contribution in [0.2, 0.25) is 0 Å². The average molecular weight is 356 g/mol. The minimum atomic E-state index is -0.408. The van der Waals surface area contributed by atoms with Gasteiger partial charge in [0.25, 0.3) is 5.91 Å². The predicted octanol–water partition coefficient (Wildman–Crippen LogP) is 3.72.